The highest BCUT2D eigenvalue weighted by atomic mass is 16.5. The van der Waals surface area contributed by atoms with Gasteiger partial charge < -0.3 is 14.7 Å². The van der Waals surface area contributed by atoms with Gasteiger partial charge in [-0.15, -0.1) is 0 Å². The third-order valence-corrected chi connectivity index (χ3v) is 2.70. The van der Waals surface area contributed by atoms with Crippen molar-refractivity contribution in [2.75, 3.05) is 13.1 Å². The summed E-state index contributed by atoms with van der Waals surface area (Å²) in [5, 5.41) is 9.60. The quantitative estimate of drug-likeness (QED) is 0.791. The summed E-state index contributed by atoms with van der Waals surface area (Å²) in [6, 6.07) is 3.06. The first kappa shape index (κ1) is 11.9. The molecule has 1 amide bonds. The van der Waals surface area contributed by atoms with Crippen molar-refractivity contribution in [1.82, 2.24) is 9.88 Å². The summed E-state index contributed by atoms with van der Waals surface area (Å²) < 4.78 is 5.56. The number of ether oxygens (including phenoxy) is 1. The average Bonchev–Trinajstić information content (AvgIpc) is 2.27. The van der Waals surface area contributed by atoms with Gasteiger partial charge in [0.15, 0.2) is 5.69 Å². The van der Waals surface area contributed by atoms with E-state index in [1.165, 1.54) is 12.3 Å². The molecule has 1 N–H and O–H groups in total. The molecule has 0 spiro atoms. The van der Waals surface area contributed by atoms with Crippen LogP contribution in [-0.2, 0) is 4.74 Å². The lowest BCUT2D eigenvalue weighted by molar-refractivity contribution is -0.0588. The lowest BCUT2D eigenvalue weighted by atomic mass is 10.2. The summed E-state index contributed by atoms with van der Waals surface area (Å²) >= 11 is 0. The van der Waals surface area contributed by atoms with E-state index in [2.05, 4.69) is 4.98 Å². The van der Waals surface area contributed by atoms with E-state index in [9.17, 15) is 9.90 Å². The van der Waals surface area contributed by atoms with Gasteiger partial charge in [0.1, 0.15) is 5.75 Å². The second-order valence-electron chi connectivity index (χ2n) is 4.34. The van der Waals surface area contributed by atoms with Crippen LogP contribution < -0.4 is 0 Å². The number of pyridine rings is 1. The first-order valence-corrected chi connectivity index (χ1v) is 5.66. The summed E-state index contributed by atoms with van der Waals surface area (Å²) in [6.07, 6.45) is 1.52. The number of hydrogen-bond acceptors (Lipinski definition) is 4. The number of amides is 1. The maximum Gasteiger partial charge on any atom is 0.276 e. The van der Waals surface area contributed by atoms with Crippen LogP contribution in [0.3, 0.4) is 0 Å². The Balaban J connectivity index is 2.17. The minimum absolute atomic E-state index is 0.00792. The third kappa shape index (κ3) is 2.55. The first-order valence-electron chi connectivity index (χ1n) is 5.66. The van der Waals surface area contributed by atoms with Crippen molar-refractivity contribution in [2.45, 2.75) is 26.1 Å². The lowest BCUT2D eigenvalue weighted by Crippen LogP contribution is -2.48. The van der Waals surface area contributed by atoms with E-state index in [1.54, 1.807) is 11.0 Å². The molecule has 2 atom stereocenters. The largest absolute Gasteiger partial charge is 0.505 e. The minimum Gasteiger partial charge on any atom is -0.505 e. The Hall–Kier alpha value is -1.62. The Bertz CT molecular complexity index is 412. The van der Waals surface area contributed by atoms with Gasteiger partial charge in [-0.05, 0) is 26.0 Å². The predicted octanol–water partition coefficient (Wildman–Crippen LogP) is 1.04. The van der Waals surface area contributed by atoms with Crippen molar-refractivity contribution in [2.24, 2.45) is 0 Å². The molecule has 5 heteroatoms. The van der Waals surface area contributed by atoms with Gasteiger partial charge >= 0.3 is 0 Å². The SMILES string of the molecule is C[C@@H]1CN(C(=O)c2ncccc2O)C[C@H](C)O1. The van der Waals surface area contributed by atoms with Crippen molar-refractivity contribution in [3.63, 3.8) is 0 Å². The minimum atomic E-state index is -0.245. The highest BCUT2D eigenvalue weighted by molar-refractivity contribution is 5.94. The van der Waals surface area contributed by atoms with E-state index < -0.39 is 0 Å². The molecule has 0 aliphatic carbocycles. The van der Waals surface area contributed by atoms with E-state index in [-0.39, 0.29) is 29.6 Å². The molecular weight excluding hydrogens is 220 g/mol. The summed E-state index contributed by atoms with van der Waals surface area (Å²) in [5.74, 6) is -0.325. The molecule has 5 nitrogen and oxygen atoms in total. The molecule has 2 rings (SSSR count). The van der Waals surface area contributed by atoms with Crippen molar-refractivity contribution in [3.8, 4) is 5.75 Å². The second-order valence-corrected chi connectivity index (χ2v) is 4.34. The van der Waals surface area contributed by atoms with Crippen LogP contribution in [0.25, 0.3) is 0 Å². The molecule has 1 fully saturated rings. The average molecular weight is 236 g/mol. The highest BCUT2D eigenvalue weighted by Gasteiger charge is 2.28. The molecule has 17 heavy (non-hydrogen) atoms. The molecule has 1 aromatic heterocycles. The summed E-state index contributed by atoms with van der Waals surface area (Å²) in [7, 11) is 0. The van der Waals surface area contributed by atoms with E-state index in [0.717, 1.165) is 0 Å². The molecule has 0 radical (unpaired) electrons. The van der Waals surface area contributed by atoms with E-state index in [1.807, 2.05) is 13.8 Å². The number of nitrogens with zero attached hydrogens (tertiary/aromatic N) is 2. The van der Waals surface area contributed by atoms with Gasteiger partial charge in [0, 0.05) is 19.3 Å². The number of carbonyl (C=O) groups is 1. The molecule has 1 aromatic rings. The van der Waals surface area contributed by atoms with Crippen molar-refractivity contribution < 1.29 is 14.6 Å². The molecule has 0 unspecified atom stereocenters. The summed E-state index contributed by atoms with van der Waals surface area (Å²) in [5.41, 5.74) is 0.105. The summed E-state index contributed by atoms with van der Waals surface area (Å²) in [4.78, 5) is 17.7. The van der Waals surface area contributed by atoms with Crippen LogP contribution in [0.15, 0.2) is 18.3 Å². The van der Waals surface area contributed by atoms with Gasteiger partial charge in [0.2, 0.25) is 0 Å². The zero-order valence-electron chi connectivity index (χ0n) is 9.96. The molecule has 1 aliphatic rings. The number of morpholine rings is 1. The van der Waals surface area contributed by atoms with Gasteiger partial charge in [0.05, 0.1) is 12.2 Å². The molecular formula is C12H16N2O3. The Morgan fingerprint density at radius 1 is 1.47 bits per heavy atom. The zero-order chi connectivity index (χ0) is 12.4. The van der Waals surface area contributed by atoms with E-state index in [4.69, 9.17) is 4.74 Å². The molecule has 2 heterocycles. The van der Waals surface area contributed by atoms with Crippen LogP contribution in [0.1, 0.15) is 24.3 Å². The normalized spacial score (nSPS) is 24.7. The third-order valence-electron chi connectivity index (χ3n) is 2.70. The monoisotopic (exact) mass is 236 g/mol. The standard InChI is InChI=1S/C12H16N2O3/c1-8-6-14(7-9(2)17-8)12(16)11-10(15)4-3-5-13-11/h3-5,8-9,15H,6-7H2,1-2H3/t8-,9+. The zero-order valence-corrected chi connectivity index (χ0v) is 9.96. The molecule has 92 valence electrons. The fraction of sp³-hybridized carbons (Fsp3) is 0.500. The van der Waals surface area contributed by atoms with Crippen LogP contribution >= 0.6 is 0 Å². The molecule has 1 saturated heterocycles. The van der Waals surface area contributed by atoms with Gasteiger partial charge in [0.25, 0.3) is 5.91 Å². The van der Waals surface area contributed by atoms with Gasteiger partial charge in [-0.2, -0.15) is 0 Å². The number of aromatic hydroxyl groups is 1. The van der Waals surface area contributed by atoms with Crippen LogP contribution in [0.5, 0.6) is 5.75 Å². The Morgan fingerprint density at radius 3 is 2.71 bits per heavy atom. The Morgan fingerprint density at radius 2 is 2.12 bits per heavy atom. The molecule has 1 aliphatic heterocycles. The van der Waals surface area contributed by atoms with E-state index >= 15 is 0 Å². The Kier molecular flexibility index (Phi) is 3.28. The van der Waals surface area contributed by atoms with Gasteiger partial charge in [-0.3, -0.25) is 4.79 Å². The van der Waals surface area contributed by atoms with Crippen molar-refractivity contribution >= 4 is 5.91 Å². The summed E-state index contributed by atoms with van der Waals surface area (Å²) in [6.45, 7) is 4.90. The van der Waals surface area contributed by atoms with Crippen molar-refractivity contribution in [1.29, 1.82) is 0 Å². The predicted molar refractivity (Wildman–Crippen MR) is 61.8 cm³/mol. The van der Waals surface area contributed by atoms with Crippen LogP contribution in [-0.4, -0.2) is 46.2 Å². The van der Waals surface area contributed by atoms with Crippen LogP contribution in [0.4, 0.5) is 0 Å². The molecule has 0 aromatic carbocycles. The van der Waals surface area contributed by atoms with Gasteiger partial charge in [-0.25, -0.2) is 4.98 Å². The first-order chi connectivity index (χ1) is 8.08. The fourth-order valence-corrected chi connectivity index (χ4v) is 2.06. The topological polar surface area (TPSA) is 62.7 Å². The second kappa shape index (κ2) is 4.71. The number of aromatic nitrogens is 1. The smallest absolute Gasteiger partial charge is 0.276 e. The van der Waals surface area contributed by atoms with Crippen LogP contribution in [0.2, 0.25) is 0 Å². The van der Waals surface area contributed by atoms with E-state index in [0.29, 0.717) is 13.1 Å². The highest BCUT2D eigenvalue weighted by Crippen LogP contribution is 2.18. The van der Waals surface area contributed by atoms with Crippen molar-refractivity contribution in [3.05, 3.63) is 24.0 Å². The van der Waals surface area contributed by atoms with Crippen LogP contribution in [0, 0.1) is 0 Å². The maximum atomic E-state index is 12.2. The number of carbonyl (C=O) groups excluding carboxylic acids is 1. The number of rotatable bonds is 1. The lowest BCUT2D eigenvalue weighted by Gasteiger charge is -2.35. The van der Waals surface area contributed by atoms with Gasteiger partial charge in [-0.1, -0.05) is 0 Å². The number of hydrogen-bond donors (Lipinski definition) is 1. The molecule has 0 bridgehead atoms. The Labute approximate surface area is 100 Å². The maximum absolute atomic E-state index is 12.2. The molecule has 0 saturated carbocycles. The fourth-order valence-electron chi connectivity index (χ4n) is 2.06.